The number of hydrogen-bond donors (Lipinski definition) is 1. The number of hydrogen-bond acceptors (Lipinski definition) is 4. The summed E-state index contributed by atoms with van der Waals surface area (Å²) in [6.07, 6.45) is 1.23. The fraction of sp³-hybridized carbons (Fsp3) is 0.120. The number of aryl methyl sites for hydroxylation is 1. The lowest BCUT2D eigenvalue weighted by atomic mass is 10.1. The van der Waals surface area contributed by atoms with Crippen molar-refractivity contribution in [2.24, 2.45) is 0 Å². The van der Waals surface area contributed by atoms with E-state index in [1.54, 1.807) is 43.3 Å². The molecular weight excluding hydrogens is 424 g/mol. The van der Waals surface area contributed by atoms with Crippen LogP contribution in [0.2, 0.25) is 0 Å². The lowest BCUT2D eigenvalue weighted by Gasteiger charge is -2.13. The SMILES string of the molecule is Cc1ccc(S(=O)(=O)n2cc(C(=O)C(=O)N[C@H](C)c3ccccc3)c3ccccc32)cc1. The van der Waals surface area contributed by atoms with Gasteiger partial charge >= 0.3 is 0 Å². The number of para-hydroxylation sites is 1. The molecule has 0 aliphatic heterocycles. The molecule has 0 saturated heterocycles. The van der Waals surface area contributed by atoms with Crippen LogP contribution in [0.4, 0.5) is 0 Å². The molecule has 32 heavy (non-hydrogen) atoms. The Morgan fingerprint density at radius 1 is 0.875 bits per heavy atom. The molecule has 4 rings (SSSR count). The summed E-state index contributed by atoms with van der Waals surface area (Å²) < 4.78 is 27.6. The normalized spacial score (nSPS) is 12.4. The highest BCUT2D eigenvalue weighted by Crippen LogP contribution is 2.27. The van der Waals surface area contributed by atoms with Crippen molar-refractivity contribution in [1.29, 1.82) is 0 Å². The number of nitrogens with one attached hydrogen (secondary N) is 1. The Kier molecular flexibility index (Phi) is 5.67. The predicted octanol–water partition coefficient (Wildman–Crippen LogP) is 4.25. The van der Waals surface area contributed by atoms with Crippen LogP contribution < -0.4 is 5.32 Å². The molecule has 1 atom stereocenters. The van der Waals surface area contributed by atoms with Gasteiger partial charge in [-0.3, -0.25) is 9.59 Å². The van der Waals surface area contributed by atoms with E-state index in [4.69, 9.17) is 0 Å². The fourth-order valence-corrected chi connectivity index (χ4v) is 4.93. The number of fused-ring (bicyclic) bond motifs is 1. The number of amides is 1. The molecule has 4 aromatic rings. The molecule has 0 unspecified atom stereocenters. The smallest absolute Gasteiger partial charge is 0.292 e. The first-order chi connectivity index (χ1) is 15.3. The Morgan fingerprint density at radius 2 is 1.50 bits per heavy atom. The summed E-state index contributed by atoms with van der Waals surface area (Å²) >= 11 is 0. The van der Waals surface area contributed by atoms with Gasteiger partial charge in [0.2, 0.25) is 0 Å². The number of nitrogens with zero attached hydrogens (tertiary/aromatic N) is 1. The summed E-state index contributed by atoms with van der Waals surface area (Å²) in [6, 6.07) is 22.0. The van der Waals surface area contributed by atoms with Crippen LogP contribution in [0.5, 0.6) is 0 Å². The number of ketones is 1. The highest BCUT2D eigenvalue weighted by Gasteiger charge is 2.27. The summed E-state index contributed by atoms with van der Waals surface area (Å²) in [5.74, 6) is -1.58. The van der Waals surface area contributed by atoms with Crippen LogP contribution in [0, 0.1) is 6.92 Å². The predicted molar refractivity (Wildman–Crippen MR) is 123 cm³/mol. The lowest BCUT2D eigenvalue weighted by Crippen LogP contribution is -2.33. The monoisotopic (exact) mass is 446 g/mol. The van der Waals surface area contributed by atoms with E-state index in [9.17, 15) is 18.0 Å². The minimum atomic E-state index is -3.95. The van der Waals surface area contributed by atoms with Crippen molar-refractivity contribution in [2.45, 2.75) is 24.8 Å². The van der Waals surface area contributed by atoms with Crippen molar-refractivity contribution in [3.63, 3.8) is 0 Å². The van der Waals surface area contributed by atoms with Gasteiger partial charge in [-0.2, -0.15) is 0 Å². The Morgan fingerprint density at radius 3 is 2.19 bits per heavy atom. The molecule has 0 saturated carbocycles. The third-order valence-electron chi connectivity index (χ3n) is 5.35. The molecule has 1 aromatic heterocycles. The Bertz CT molecular complexity index is 1410. The van der Waals surface area contributed by atoms with Gasteiger partial charge in [0.1, 0.15) is 0 Å². The number of Topliss-reactive ketones (excluding diaryl/α,β-unsaturated/α-hetero) is 1. The fourth-order valence-electron chi connectivity index (χ4n) is 3.56. The summed E-state index contributed by atoms with van der Waals surface area (Å²) in [6.45, 7) is 3.65. The second kappa shape index (κ2) is 8.43. The molecule has 0 aliphatic carbocycles. The minimum Gasteiger partial charge on any atom is -0.343 e. The second-order valence-corrected chi connectivity index (χ2v) is 9.42. The van der Waals surface area contributed by atoms with E-state index in [1.807, 2.05) is 37.3 Å². The van der Waals surface area contributed by atoms with Crippen molar-refractivity contribution in [1.82, 2.24) is 9.29 Å². The van der Waals surface area contributed by atoms with Crippen molar-refractivity contribution >= 4 is 32.6 Å². The van der Waals surface area contributed by atoms with Gasteiger partial charge < -0.3 is 5.32 Å². The summed E-state index contributed by atoms with van der Waals surface area (Å²) in [7, 11) is -3.95. The van der Waals surface area contributed by atoms with E-state index in [2.05, 4.69) is 5.32 Å². The zero-order valence-corrected chi connectivity index (χ0v) is 18.5. The van der Waals surface area contributed by atoms with Crippen molar-refractivity contribution < 1.29 is 18.0 Å². The Labute approximate surface area is 186 Å². The number of rotatable bonds is 6. The van der Waals surface area contributed by atoms with Gasteiger partial charge in [-0.15, -0.1) is 0 Å². The molecule has 1 heterocycles. The van der Waals surface area contributed by atoms with Crippen LogP contribution >= 0.6 is 0 Å². The third-order valence-corrected chi connectivity index (χ3v) is 7.04. The first kappa shape index (κ1) is 21.5. The van der Waals surface area contributed by atoms with Gasteiger partial charge in [-0.1, -0.05) is 66.2 Å². The van der Waals surface area contributed by atoms with Gasteiger partial charge in [0, 0.05) is 11.6 Å². The van der Waals surface area contributed by atoms with Gasteiger partial charge in [-0.05, 0) is 37.6 Å². The summed E-state index contributed by atoms with van der Waals surface area (Å²) in [4.78, 5) is 25.8. The molecule has 6 nitrogen and oxygen atoms in total. The maximum absolute atomic E-state index is 13.3. The van der Waals surface area contributed by atoms with Gasteiger partial charge in [0.05, 0.1) is 22.0 Å². The molecule has 7 heteroatoms. The van der Waals surface area contributed by atoms with Crippen LogP contribution in [0.25, 0.3) is 10.9 Å². The van der Waals surface area contributed by atoms with Crippen LogP contribution in [-0.4, -0.2) is 24.1 Å². The number of carbonyl (C=O) groups is 2. The molecule has 3 aromatic carbocycles. The lowest BCUT2D eigenvalue weighted by molar-refractivity contribution is -0.117. The Hall–Kier alpha value is -3.71. The summed E-state index contributed by atoms with van der Waals surface area (Å²) in [5, 5.41) is 3.10. The minimum absolute atomic E-state index is 0.0362. The largest absolute Gasteiger partial charge is 0.343 e. The van der Waals surface area contributed by atoms with E-state index in [-0.39, 0.29) is 16.5 Å². The first-order valence-electron chi connectivity index (χ1n) is 10.1. The molecule has 0 aliphatic rings. The van der Waals surface area contributed by atoms with Gasteiger partial charge in [0.15, 0.2) is 0 Å². The third kappa shape index (κ3) is 3.94. The molecule has 1 amide bonds. The molecule has 1 N–H and O–H groups in total. The standard InChI is InChI=1S/C25H22N2O4S/c1-17-12-14-20(15-13-17)32(30,31)27-16-22(21-10-6-7-11-23(21)27)24(28)25(29)26-18(2)19-8-4-3-5-9-19/h3-16,18H,1-2H3,(H,26,29)/t18-/m1/s1. The van der Waals surface area contributed by atoms with E-state index >= 15 is 0 Å². The van der Waals surface area contributed by atoms with Crippen LogP contribution in [0.1, 0.15) is 34.5 Å². The number of carbonyl (C=O) groups excluding carboxylic acids is 2. The van der Waals surface area contributed by atoms with E-state index in [0.29, 0.717) is 10.9 Å². The van der Waals surface area contributed by atoms with Gasteiger partial charge in [0.25, 0.3) is 21.7 Å². The highest BCUT2D eigenvalue weighted by molar-refractivity contribution is 7.90. The highest BCUT2D eigenvalue weighted by atomic mass is 32.2. The van der Waals surface area contributed by atoms with E-state index < -0.39 is 21.7 Å². The topological polar surface area (TPSA) is 85.2 Å². The van der Waals surface area contributed by atoms with E-state index in [1.165, 1.54) is 18.3 Å². The molecule has 0 radical (unpaired) electrons. The number of aromatic nitrogens is 1. The molecule has 0 bridgehead atoms. The quantitative estimate of drug-likeness (QED) is 0.354. The van der Waals surface area contributed by atoms with E-state index in [0.717, 1.165) is 15.1 Å². The second-order valence-electron chi connectivity index (χ2n) is 7.61. The van der Waals surface area contributed by atoms with Crippen LogP contribution in [0.3, 0.4) is 0 Å². The Balaban J connectivity index is 1.72. The molecular formula is C25H22N2O4S. The molecule has 0 fully saturated rings. The van der Waals surface area contributed by atoms with Crippen molar-refractivity contribution in [3.8, 4) is 0 Å². The van der Waals surface area contributed by atoms with Gasteiger partial charge in [-0.25, -0.2) is 12.4 Å². The van der Waals surface area contributed by atoms with Crippen LogP contribution in [0.15, 0.2) is 90.0 Å². The average Bonchev–Trinajstić information content (AvgIpc) is 3.20. The van der Waals surface area contributed by atoms with Crippen molar-refractivity contribution in [3.05, 3.63) is 102 Å². The number of benzene rings is 3. The molecule has 162 valence electrons. The maximum atomic E-state index is 13.3. The summed E-state index contributed by atoms with van der Waals surface area (Å²) in [5.41, 5.74) is 2.16. The zero-order valence-electron chi connectivity index (χ0n) is 17.6. The average molecular weight is 447 g/mol. The van der Waals surface area contributed by atoms with Crippen molar-refractivity contribution in [2.75, 3.05) is 0 Å². The molecule has 0 spiro atoms. The van der Waals surface area contributed by atoms with Crippen LogP contribution in [-0.2, 0) is 14.8 Å². The first-order valence-corrected chi connectivity index (χ1v) is 11.6. The zero-order chi connectivity index (χ0) is 22.9. The maximum Gasteiger partial charge on any atom is 0.292 e.